The van der Waals surface area contributed by atoms with E-state index in [2.05, 4.69) is 45.1 Å². The number of likely N-dealkylation sites (N-methyl/N-ethyl adjacent to an activating group) is 1. The number of nitrogens with zero attached hydrogens (tertiary/aromatic N) is 2. The van der Waals surface area contributed by atoms with E-state index in [0.29, 0.717) is 6.04 Å². The number of nitrogens with one attached hydrogen (secondary N) is 1. The number of halogens is 1. The normalized spacial score (nSPS) is 12.8. The van der Waals surface area contributed by atoms with Crippen LogP contribution in [0.1, 0.15) is 19.7 Å². The molecular formula is C9H14BrN3. The van der Waals surface area contributed by atoms with Crippen LogP contribution in [-0.4, -0.2) is 22.6 Å². The van der Waals surface area contributed by atoms with E-state index in [4.69, 9.17) is 0 Å². The summed E-state index contributed by atoms with van der Waals surface area (Å²) in [6, 6.07) is 0.436. The van der Waals surface area contributed by atoms with Crippen LogP contribution in [-0.2, 0) is 6.42 Å². The van der Waals surface area contributed by atoms with Crippen molar-refractivity contribution in [2.75, 3.05) is 6.54 Å². The number of aromatic nitrogens is 2. The van der Waals surface area contributed by atoms with Gasteiger partial charge in [-0.2, -0.15) is 0 Å². The molecule has 1 rings (SSSR count). The third kappa shape index (κ3) is 3.83. The van der Waals surface area contributed by atoms with Gasteiger partial charge in [-0.15, -0.1) is 0 Å². The molecule has 1 N–H and O–H groups in total. The molecule has 0 amide bonds. The maximum atomic E-state index is 4.20. The van der Waals surface area contributed by atoms with Crippen LogP contribution in [0, 0.1) is 0 Å². The molecule has 3 nitrogen and oxygen atoms in total. The van der Waals surface area contributed by atoms with Crippen LogP contribution in [0.2, 0.25) is 0 Å². The Balaban J connectivity index is 2.49. The average molecular weight is 244 g/mol. The van der Waals surface area contributed by atoms with Gasteiger partial charge in [-0.25, -0.2) is 9.97 Å². The Bertz CT molecular complexity index is 248. The molecule has 0 saturated carbocycles. The predicted molar refractivity (Wildman–Crippen MR) is 56.6 cm³/mol. The van der Waals surface area contributed by atoms with Crippen LogP contribution in [0.4, 0.5) is 0 Å². The van der Waals surface area contributed by atoms with Gasteiger partial charge in [-0.1, -0.05) is 6.92 Å². The molecule has 0 bridgehead atoms. The molecule has 0 aliphatic heterocycles. The molecule has 1 heterocycles. The fraction of sp³-hybridized carbons (Fsp3) is 0.556. The minimum atomic E-state index is 0.436. The Morgan fingerprint density at radius 1 is 1.46 bits per heavy atom. The summed E-state index contributed by atoms with van der Waals surface area (Å²) < 4.78 is 0.923. The standard InChI is InChI=1S/C9H14BrN3/c1-3-11-7(2)4-9-12-5-8(10)6-13-9/h5-7,11H,3-4H2,1-2H3. The molecular weight excluding hydrogens is 230 g/mol. The molecule has 0 spiro atoms. The van der Waals surface area contributed by atoms with Crippen molar-refractivity contribution in [2.45, 2.75) is 26.3 Å². The largest absolute Gasteiger partial charge is 0.314 e. The molecule has 1 aromatic heterocycles. The molecule has 0 saturated heterocycles. The van der Waals surface area contributed by atoms with Crippen LogP contribution < -0.4 is 5.32 Å². The monoisotopic (exact) mass is 243 g/mol. The summed E-state index contributed by atoms with van der Waals surface area (Å²) in [6.45, 7) is 5.21. The average Bonchev–Trinajstić information content (AvgIpc) is 2.09. The van der Waals surface area contributed by atoms with Gasteiger partial charge in [-0.05, 0) is 29.4 Å². The topological polar surface area (TPSA) is 37.8 Å². The molecule has 0 aliphatic carbocycles. The minimum absolute atomic E-state index is 0.436. The second-order valence-corrected chi connectivity index (χ2v) is 3.90. The molecule has 0 aliphatic rings. The van der Waals surface area contributed by atoms with Crippen LogP contribution in [0.15, 0.2) is 16.9 Å². The summed E-state index contributed by atoms with van der Waals surface area (Å²) >= 11 is 3.30. The number of hydrogen-bond donors (Lipinski definition) is 1. The molecule has 72 valence electrons. The second kappa shape index (κ2) is 5.29. The Labute approximate surface area is 87.1 Å². The van der Waals surface area contributed by atoms with Crippen molar-refractivity contribution in [1.82, 2.24) is 15.3 Å². The van der Waals surface area contributed by atoms with E-state index >= 15 is 0 Å². The maximum Gasteiger partial charge on any atom is 0.129 e. The Kier molecular flexibility index (Phi) is 4.32. The van der Waals surface area contributed by atoms with E-state index in [1.807, 2.05) is 0 Å². The van der Waals surface area contributed by atoms with Crippen LogP contribution >= 0.6 is 15.9 Å². The predicted octanol–water partition coefficient (Wildman–Crippen LogP) is 1.78. The van der Waals surface area contributed by atoms with Gasteiger partial charge in [-0.3, -0.25) is 0 Å². The zero-order valence-electron chi connectivity index (χ0n) is 7.92. The van der Waals surface area contributed by atoms with Crippen molar-refractivity contribution < 1.29 is 0 Å². The first-order valence-electron chi connectivity index (χ1n) is 4.42. The van der Waals surface area contributed by atoms with Crippen molar-refractivity contribution >= 4 is 15.9 Å². The van der Waals surface area contributed by atoms with E-state index in [1.165, 1.54) is 0 Å². The molecule has 4 heteroatoms. The van der Waals surface area contributed by atoms with Crippen LogP contribution in [0.25, 0.3) is 0 Å². The SMILES string of the molecule is CCNC(C)Cc1ncc(Br)cn1. The zero-order chi connectivity index (χ0) is 9.68. The van der Waals surface area contributed by atoms with Gasteiger partial charge in [0.1, 0.15) is 5.82 Å². The van der Waals surface area contributed by atoms with E-state index in [9.17, 15) is 0 Å². The first-order valence-corrected chi connectivity index (χ1v) is 5.21. The summed E-state index contributed by atoms with van der Waals surface area (Å²) in [7, 11) is 0. The van der Waals surface area contributed by atoms with E-state index in [-0.39, 0.29) is 0 Å². The van der Waals surface area contributed by atoms with Crippen molar-refractivity contribution in [2.24, 2.45) is 0 Å². The van der Waals surface area contributed by atoms with Crippen LogP contribution in [0.3, 0.4) is 0 Å². The van der Waals surface area contributed by atoms with Gasteiger partial charge in [0.05, 0.1) is 4.47 Å². The molecule has 1 atom stereocenters. The first-order chi connectivity index (χ1) is 6.22. The summed E-state index contributed by atoms with van der Waals surface area (Å²) in [6.07, 6.45) is 4.43. The highest BCUT2D eigenvalue weighted by Gasteiger charge is 2.03. The molecule has 1 aromatic rings. The smallest absolute Gasteiger partial charge is 0.129 e. The quantitative estimate of drug-likeness (QED) is 0.877. The summed E-state index contributed by atoms with van der Waals surface area (Å²) in [5.74, 6) is 0.886. The number of rotatable bonds is 4. The third-order valence-corrected chi connectivity index (χ3v) is 2.12. The van der Waals surface area contributed by atoms with Gasteiger partial charge in [0, 0.05) is 24.9 Å². The van der Waals surface area contributed by atoms with Gasteiger partial charge >= 0.3 is 0 Å². The highest BCUT2D eigenvalue weighted by molar-refractivity contribution is 9.10. The fourth-order valence-electron chi connectivity index (χ4n) is 1.14. The summed E-state index contributed by atoms with van der Waals surface area (Å²) in [5.41, 5.74) is 0. The molecule has 0 fully saturated rings. The molecule has 1 unspecified atom stereocenters. The van der Waals surface area contributed by atoms with E-state index < -0.39 is 0 Å². The van der Waals surface area contributed by atoms with E-state index in [1.54, 1.807) is 12.4 Å². The molecule has 13 heavy (non-hydrogen) atoms. The molecule has 0 radical (unpaired) electrons. The van der Waals surface area contributed by atoms with Crippen molar-refractivity contribution in [3.8, 4) is 0 Å². The lowest BCUT2D eigenvalue weighted by Gasteiger charge is -2.10. The highest BCUT2D eigenvalue weighted by Crippen LogP contribution is 2.05. The van der Waals surface area contributed by atoms with Gasteiger partial charge in [0.25, 0.3) is 0 Å². The van der Waals surface area contributed by atoms with Crippen molar-refractivity contribution in [1.29, 1.82) is 0 Å². The van der Waals surface area contributed by atoms with Gasteiger partial charge in [0.15, 0.2) is 0 Å². The Hall–Kier alpha value is -0.480. The second-order valence-electron chi connectivity index (χ2n) is 2.98. The Morgan fingerprint density at radius 2 is 2.08 bits per heavy atom. The maximum absolute atomic E-state index is 4.20. The lowest BCUT2D eigenvalue weighted by atomic mass is 10.2. The zero-order valence-corrected chi connectivity index (χ0v) is 9.50. The minimum Gasteiger partial charge on any atom is -0.314 e. The number of hydrogen-bond acceptors (Lipinski definition) is 3. The van der Waals surface area contributed by atoms with Crippen LogP contribution in [0.5, 0.6) is 0 Å². The summed E-state index contributed by atoms with van der Waals surface area (Å²) in [5, 5.41) is 3.32. The third-order valence-electron chi connectivity index (χ3n) is 1.72. The van der Waals surface area contributed by atoms with Gasteiger partial charge < -0.3 is 5.32 Å². The van der Waals surface area contributed by atoms with E-state index in [0.717, 1.165) is 23.3 Å². The lowest BCUT2D eigenvalue weighted by Crippen LogP contribution is -2.28. The highest BCUT2D eigenvalue weighted by atomic mass is 79.9. The Morgan fingerprint density at radius 3 is 2.62 bits per heavy atom. The molecule has 0 aromatic carbocycles. The van der Waals surface area contributed by atoms with Crippen molar-refractivity contribution in [3.63, 3.8) is 0 Å². The first kappa shape index (κ1) is 10.6. The summed E-state index contributed by atoms with van der Waals surface area (Å²) in [4.78, 5) is 8.41. The van der Waals surface area contributed by atoms with Gasteiger partial charge in [0.2, 0.25) is 0 Å². The lowest BCUT2D eigenvalue weighted by molar-refractivity contribution is 0.552. The fourth-order valence-corrected chi connectivity index (χ4v) is 1.34. The van der Waals surface area contributed by atoms with Crippen molar-refractivity contribution in [3.05, 3.63) is 22.7 Å².